The van der Waals surface area contributed by atoms with Crippen LogP contribution in [0.3, 0.4) is 0 Å². The summed E-state index contributed by atoms with van der Waals surface area (Å²) in [4.78, 5) is 23.5. The molecule has 6 nitrogen and oxygen atoms in total. The molecule has 78 valence electrons. The van der Waals surface area contributed by atoms with Gasteiger partial charge in [0.15, 0.2) is 0 Å². The fourth-order valence-electron chi connectivity index (χ4n) is 1.34. The number of amides is 3. The SMILES string of the molecule is O=C1CN(O)C(=O)N1c1ccc(O)cc1. The van der Waals surface area contributed by atoms with E-state index in [1.54, 1.807) is 0 Å². The summed E-state index contributed by atoms with van der Waals surface area (Å²) < 4.78 is 0. The Kier molecular flexibility index (Phi) is 2.05. The van der Waals surface area contributed by atoms with E-state index >= 15 is 0 Å². The fraction of sp³-hybridized carbons (Fsp3) is 0.111. The number of benzene rings is 1. The minimum absolute atomic E-state index is 0.0405. The molecule has 1 fully saturated rings. The zero-order valence-corrected chi connectivity index (χ0v) is 7.62. The van der Waals surface area contributed by atoms with E-state index in [0.717, 1.165) is 4.90 Å². The van der Waals surface area contributed by atoms with Crippen LogP contribution < -0.4 is 4.90 Å². The normalized spacial score (nSPS) is 16.3. The molecule has 0 bridgehead atoms. The topological polar surface area (TPSA) is 81.1 Å². The van der Waals surface area contributed by atoms with Crippen LogP contribution in [0.15, 0.2) is 24.3 Å². The van der Waals surface area contributed by atoms with Crippen LogP contribution in [0, 0.1) is 0 Å². The summed E-state index contributed by atoms with van der Waals surface area (Å²) >= 11 is 0. The first-order valence-corrected chi connectivity index (χ1v) is 4.22. The van der Waals surface area contributed by atoms with Crippen LogP contribution in [-0.4, -0.2) is 33.9 Å². The number of anilines is 1. The molecule has 2 rings (SSSR count). The van der Waals surface area contributed by atoms with E-state index < -0.39 is 11.9 Å². The van der Waals surface area contributed by atoms with Crippen LogP contribution in [0.1, 0.15) is 0 Å². The Hall–Kier alpha value is -2.08. The largest absolute Gasteiger partial charge is 0.508 e. The van der Waals surface area contributed by atoms with Crippen molar-refractivity contribution in [3.63, 3.8) is 0 Å². The Labute approximate surface area is 84.9 Å². The molecule has 0 unspecified atom stereocenters. The summed E-state index contributed by atoms with van der Waals surface area (Å²) in [7, 11) is 0. The highest BCUT2D eigenvalue weighted by Crippen LogP contribution is 2.22. The Balaban J connectivity index is 2.35. The average Bonchev–Trinajstić information content (AvgIpc) is 2.44. The first-order valence-electron chi connectivity index (χ1n) is 4.22. The average molecular weight is 208 g/mol. The zero-order chi connectivity index (χ0) is 11.0. The molecular formula is C9H8N2O4. The molecule has 0 aliphatic carbocycles. The van der Waals surface area contributed by atoms with E-state index in [1.807, 2.05) is 0 Å². The number of phenolic OH excluding ortho intramolecular Hbond substituents is 1. The van der Waals surface area contributed by atoms with Crippen molar-refractivity contribution >= 4 is 17.6 Å². The standard InChI is InChI=1S/C9H8N2O4/c12-7-3-1-6(2-4-7)11-8(13)5-10(15)9(11)14/h1-4,12,15H,5H2. The van der Waals surface area contributed by atoms with Crippen molar-refractivity contribution in [3.8, 4) is 5.75 Å². The molecule has 0 atom stereocenters. The molecule has 1 aliphatic rings. The van der Waals surface area contributed by atoms with Gasteiger partial charge in [0, 0.05) is 0 Å². The van der Waals surface area contributed by atoms with Crippen molar-refractivity contribution < 1.29 is 19.9 Å². The molecule has 6 heteroatoms. The maximum Gasteiger partial charge on any atom is 0.355 e. The van der Waals surface area contributed by atoms with Crippen LogP contribution in [0.4, 0.5) is 10.5 Å². The molecule has 1 aliphatic heterocycles. The van der Waals surface area contributed by atoms with Crippen molar-refractivity contribution in [2.75, 3.05) is 11.4 Å². The van der Waals surface area contributed by atoms with Crippen LogP contribution >= 0.6 is 0 Å². The first kappa shape index (κ1) is 9.47. The van der Waals surface area contributed by atoms with Gasteiger partial charge in [-0.1, -0.05) is 0 Å². The number of carbonyl (C=O) groups excluding carboxylic acids is 2. The van der Waals surface area contributed by atoms with Crippen molar-refractivity contribution in [1.82, 2.24) is 5.06 Å². The van der Waals surface area contributed by atoms with Gasteiger partial charge < -0.3 is 5.11 Å². The lowest BCUT2D eigenvalue weighted by Gasteiger charge is -2.12. The maximum absolute atomic E-state index is 11.3. The molecule has 0 aromatic heterocycles. The lowest BCUT2D eigenvalue weighted by atomic mass is 10.3. The predicted molar refractivity (Wildman–Crippen MR) is 49.5 cm³/mol. The second-order valence-electron chi connectivity index (χ2n) is 3.09. The second-order valence-corrected chi connectivity index (χ2v) is 3.09. The number of phenols is 1. The van der Waals surface area contributed by atoms with Gasteiger partial charge >= 0.3 is 6.03 Å². The highest BCUT2D eigenvalue weighted by molar-refractivity contribution is 6.19. The quantitative estimate of drug-likeness (QED) is 0.521. The summed E-state index contributed by atoms with van der Waals surface area (Å²) in [6, 6.07) is 4.77. The van der Waals surface area contributed by atoms with Gasteiger partial charge in [0.1, 0.15) is 12.3 Å². The lowest BCUT2D eigenvalue weighted by Crippen LogP contribution is -2.31. The minimum Gasteiger partial charge on any atom is -0.508 e. The van der Waals surface area contributed by atoms with Gasteiger partial charge in [0.05, 0.1) is 5.69 Å². The Bertz CT molecular complexity index is 415. The maximum atomic E-state index is 11.3. The number of rotatable bonds is 1. The molecule has 2 N–H and O–H groups in total. The van der Waals surface area contributed by atoms with E-state index in [2.05, 4.69) is 0 Å². The molecule has 0 spiro atoms. The van der Waals surface area contributed by atoms with Gasteiger partial charge in [-0.05, 0) is 24.3 Å². The molecule has 0 radical (unpaired) electrons. The number of hydrogen-bond acceptors (Lipinski definition) is 4. The van der Waals surface area contributed by atoms with Crippen LogP contribution in [0.5, 0.6) is 5.75 Å². The van der Waals surface area contributed by atoms with E-state index in [-0.39, 0.29) is 12.3 Å². The van der Waals surface area contributed by atoms with E-state index in [4.69, 9.17) is 10.3 Å². The van der Waals surface area contributed by atoms with Crippen LogP contribution in [0.25, 0.3) is 0 Å². The molecule has 1 saturated heterocycles. The zero-order valence-electron chi connectivity index (χ0n) is 7.62. The first-order chi connectivity index (χ1) is 7.09. The molecule has 1 aromatic rings. The highest BCUT2D eigenvalue weighted by Gasteiger charge is 2.36. The van der Waals surface area contributed by atoms with Gasteiger partial charge in [-0.25, -0.2) is 9.69 Å². The van der Waals surface area contributed by atoms with Crippen LogP contribution in [-0.2, 0) is 4.79 Å². The molecular weight excluding hydrogens is 200 g/mol. The third-order valence-corrected chi connectivity index (χ3v) is 2.05. The number of hydrogen-bond donors (Lipinski definition) is 2. The van der Waals surface area contributed by atoms with Crippen LogP contribution in [0.2, 0.25) is 0 Å². The molecule has 3 amide bonds. The van der Waals surface area contributed by atoms with E-state index in [1.165, 1.54) is 24.3 Å². The summed E-state index contributed by atoms with van der Waals surface area (Å²) in [5, 5.41) is 18.4. The van der Waals surface area contributed by atoms with Crippen molar-refractivity contribution in [3.05, 3.63) is 24.3 Å². The Morgan fingerprint density at radius 3 is 2.20 bits per heavy atom. The van der Waals surface area contributed by atoms with Crippen molar-refractivity contribution in [1.29, 1.82) is 0 Å². The molecule has 1 heterocycles. The van der Waals surface area contributed by atoms with Gasteiger partial charge in [-0.3, -0.25) is 10.0 Å². The molecule has 0 saturated carbocycles. The Morgan fingerprint density at radius 1 is 1.13 bits per heavy atom. The lowest BCUT2D eigenvalue weighted by molar-refractivity contribution is -0.120. The second kappa shape index (κ2) is 3.25. The minimum atomic E-state index is -0.786. The summed E-state index contributed by atoms with van der Waals surface area (Å²) in [6.07, 6.45) is 0. The third kappa shape index (κ3) is 1.50. The van der Waals surface area contributed by atoms with Gasteiger partial charge in [-0.15, -0.1) is 0 Å². The van der Waals surface area contributed by atoms with E-state index in [9.17, 15) is 9.59 Å². The Morgan fingerprint density at radius 2 is 1.73 bits per heavy atom. The smallest absolute Gasteiger partial charge is 0.355 e. The highest BCUT2D eigenvalue weighted by atomic mass is 16.5. The van der Waals surface area contributed by atoms with Crippen molar-refractivity contribution in [2.45, 2.75) is 0 Å². The van der Waals surface area contributed by atoms with Gasteiger partial charge in [-0.2, -0.15) is 5.06 Å². The number of nitrogens with zero attached hydrogens (tertiary/aromatic N) is 2. The number of carbonyl (C=O) groups is 2. The fourth-order valence-corrected chi connectivity index (χ4v) is 1.34. The number of aromatic hydroxyl groups is 1. The molecule has 15 heavy (non-hydrogen) atoms. The van der Waals surface area contributed by atoms with Gasteiger partial charge in [0.2, 0.25) is 0 Å². The number of imide groups is 1. The summed E-state index contributed by atoms with van der Waals surface area (Å²) in [5.41, 5.74) is 0.319. The van der Waals surface area contributed by atoms with E-state index in [0.29, 0.717) is 10.8 Å². The van der Waals surface area contributed by atoms with Gasteiger partial charge in [0.25, 0.3) is 5.91 Å². The molecule has 1 aromatic carbocycles. The summed E-state index contributed by atoms with van der Waals surface area (Å²) in [6.45, 7) is -0.348. The third-order valence-electron chi connectivity index (χ3n) is 2.05. The number of urea groups is 1. The van der Waals surface area contributed by atoms with Crippen molar-refractivity contribution in [2.24, 2.45) is 0 Å². The monoisotopic (exact) mass is 208 g/mol. The predicted octanol–water partition coefficient (Wildman–Crippen LogP) is 0.550. The number of hydroxylamine groups is 2. The summed E-state index contributed by atoms with van der Waals surface area (Å²) in [5.74, 6) is -0.466.